The molecule has 0 aliphatic rings. The number of hydrazine groups is 1. The van der Waals surface area contributed by atoms with Crippen LogP contribution in [0.1, 0.15) is 66.2 Å². The third kappa shape index (κ3) is 5.28. The zero-order valence-corrected chi connectivity index (χ0v) is 11.5. The van der Waals surface area contributed by atoms with Gasteiger partial charge in [0, 0.05) is 12.6 Å². The van der Waals surface area contributed by atoms with Gasteiger partial charge in [-0.15, -0.1) is 0 Å². The molecule has 0 saturated heterocycles. The Morgan fingerprint density at radius 1 is 1.19 bits per heavy atom. The molecule has 0 radical (unpaired) electrons. The molecule has 16 heavy (non-hydrogen) atoms. The van der Waals surface area contributed by atoms with Gasteiger partial charge in [0.2, 0.25) is 0 Å². The van der Waals surface area contributed by atoms with Crippen LogP contribution in [0.3, 0.4) is 0 Å². The lowest BCUT2D eigenvalue weighted by Gasteiger charge is -2.36. The third-order valence-corrected chi connectivity index (χ3v) is 3.46. The Morgan fingerprint density at radius 2 is 1.88 bits per heavy atom. The quantitative estimate of drug-likeness (QED) is 0.344. The molecule has 2 atom stereocenters. The van der Waals surface area contributed by atoms with E-state index in [0.717, 1.165) is 19.4 Å². The fraction of sp³-hybridized carbons (Fsp3) is 1.00. The first-order valence-corrected chi connectivity index (χ1v) is 6.74. The molecule has 98 valence electrons. The monoisotopic (exact) mass is 230 g/mol. The summed E-state index contributed by atoms with van der Waals surface area (Å²) in [6.45, 7) is 9.33. The van der Waals surface area contributed by atoms with Gasteiger partial charge in [-0.2, -0.15) is 0 Å². The van der Waals surface area contributed by atoms with Crippen LogP contribution in [-0.2, 0) is 4.74 Å². The molecule has 2 unspecified atom stereocenters. The summed E-state index contributed by atoms with van der Waals surface area (Å²) in [5.74, 6) is 5.65. The van der Waals surface area contributed by atoms with Crippen LogP contribution in [0.4, 0.5) is 0 Å². The third-order valence-electron chi connectivity index (χ3n) is 3.46. The minimum absolute atomic E-state index is 0.129. The first kappa shape index (κ1) is 15.9. The molecule has 0 amide bonds. The number of unbranched alkanes of at least 4 members (excludes halogenated alkanes) is 3. The summed E-state index contributed by atoms with van der Waals surface area (Å²) in [4.78, 5) is 0. The second-order valence-electron chi connectivity index (χ2n) is 4.67. The normalized spacial score (nSPS) is 17.1. The highest BCUT2D eigenvalue weighted by atomic mass is 16.5. The van der Waals surface area contributed by atoms with Crippen LogP contribution in [0.5, 0.6) is 0 Å². The van der Waals surface area contributed by atoms with Crippen LogP contribution in [0.2, 0.25) is 0 Å². The molecule has 3 nitrogen and oxygen atoms in total. The Bertz CT molecular complexity index is 164. The van der Waals surface area contributed by atoms with Crippen molar-refractivity contribution in [1.82, 2.24) is 5.43 Å². The van der Waals surface area contributed by atoms with Crippen molar-refractivity contribution in [2.24, 2.45) is 5.84 Å². The van der Waals surface area contributed by atoms with Gasteiger partial charge in [-0.25, -0.2) is 0 Å². The Balaban J connectivity index is 4.11. The second-order valence-corrected chi connectivity index (χ2v) is 4.67. The Kier molecular flexibility index (Phi) is 8.90. The van der Waals surface area contributed by atoms with E-state index >= 15 is 0 Å². The van der Waals surface area contributed by atoms with Crippen LogP contribution in [0.25, 0.3) is 0 Å². The van der Waals surface area contributed by atoms with Gasteiger partial charge in [0.25, 0.3) is 0 Å². The van der Waals surface area contributed by atoms with Crippen molar-refractivity contribution in [2.45, 2.75) is 77.9 Å². The Hall–Kier alpha value is -0.120. The van der Waals surface area contributed by atoms with E-state index in [-0.39, 0.29) is 11.6 Å². The molecule has 3 N–H and O–H groups in total. The predicted octanol–water partition coefficient (Wildman–Crippen LogP) is 2.99. The highest BCUT2D eigenvalue weighted by Crippen LogP contribution is 2.23. The zero-order valence-electron chi connectivity index (χ0n) is 11.5. The molecule has 0 aromatic heterocycles. The lowest BCUT2D eigenvalue weighted by atomic mass is 9.89. The smallest absolute Gasteiger partial charge is 0.0817 e. The molecule has 0 aliphatic heterocycles. The van der Waals surface area contributed by atoms with E-state index in [2.05, 4.69) is 26.2 Å². The highest BCUT2D eigenvalue weighted by molar-refractivity contribution is 4.87. The maximum atomic E-state index is 5.85. The van der Waals surface area contributed by atoms with Crippen LogP contribution in [0.15, 0.2) is 0 Å². The van der Waals surface area contributed by atoms with E-state index < -0.39 is 0 Å². The topological polar surface area (TPSA) is 47.3 Å². The van der Waals surface area contributed by atoms with Crippen molar-refractivity contribution in [3.8, 4) is 0 Å². The van der Waals surface area contributed by atoms with Crippen molar-refractivity contribution in [3.05, 3.63) is 0 Å². The molecular weight excluding hydrogens is 200 g/mol. The van der Waals surface area contributed by atoms with Gasteiger partial charge in [-0.3, -0.25) is 11.3 Å². The molecule has 0 bridgehead atoms. The van der Waals surface area contributed by atoms with Crippen LogP contribution in [-0.4, -0.2) is 18.2 Å². The fourth-order valence-corrected chi connectivity index (χ4v) is 2.12. The van der Waals surface area contributed by atoms with Crippen molar-refractivity contribution >= 4 is 0 Å². The lowest BCUT2D eigenvalue weighted by Crippen LogP contribution is -2.52. The van der Waals surface area contributed by atoms with Crippen molar-refractivity contribution < 1.29 is 4.74 Å². The second kappa shape index (κ2) is 8.97. The van der Waals surface area contributed by atoms with E-state index in [1.54, 1.807) is 0 Å². The van der Waals surface area contributed by atoms with Crippen molar-refractivity contribution in [1.29, 1.82) is 0 Å². The van der Waals surface area contributed by atoms with E-state index in [1.165, 1.54) is 25.7 Å². The molecule has 0 heterocycles. The minimum Gasteiger partial charge on any atom is -0.374 e. The van der Waals surface area contributed by atoms with Gasteiger partial charge in [-0.1, -0.05) is 39.5 Å². The summed E-state index contributed by atoms with van der Waals surface area (Å²) in [5.41, 5.74) is 2.80. The predicted molar refractivity (Wildman–Crippen MR) is 70.2 cm³/mol. The van der Waals surface area contributed by atoms with Crippen molar-refractivity contribution in [2.75, 3.05) is 6.61 Å². The summed E-state index contributed by atoms with van der Waals surface area (Å²) >= 11 is 0. The van der Waals surface area contributed by atoms with Gasteiger partial charge < -0.3 is 4.74 Å². The summed E-state index contributed by atoms with van der Waals surface area (Å²) in [6.07, 6.45) is 7.20. The van der Waals surface area contributed by atoms with Crippen LogP contribution in [0, 0.1) is 0 Å². The minimum atomic E-state index is -0.129. The maximum Gasteiger partial charge on any atom is 0.0817 e. The summed E-state index contributed by atoms with van der Waals surface area (Å²) in [5, 5.41) is 0. The zero-order chi connectivity index (χ0) is 12.4. The van der Waals surface area contributed by atoms with Crippen LogP contribution < -0.4 is 11.3 Å². The van der Waals surface area contributed by atoms with Gasteiger partial charge in [-0.05, 0) is 26.7 Å². The molecule has 0 aromatic rings. The summed E-state index contributed by atoms with van der Waals surface area (Å²) < 4.78 is 5.85. The largest absolute Gasteiger partial charge is 0.374 e. The highest BCUT2D eigenvalue weighted by Gasteiger charge is 2.31. The molecular formula is C13H30N2O. The SMILES string of the molecule is CCCCCCC(NN)C(C)(CC)OCC. The first-order valence-electron chi connectivity index (χ1n) is 6.74. The van der Waals surface area contributed by atoms with Gasteiger partial charge in [0.1, 0.15) is 0 Å². The lowest BCUT2D eigenvalue weighted by molar-refractivity contribution is -0.0575. The number of rotatable bonds is 10. The average molecular weight is 230 g/mol. The standard InChI is InChI=1S/C13H30N2O/c1-5-8-9-10-11-12(15-14)13(4,6-2)16-7-3/h12,15H,5-11,14H2,1-4H3. The summed E-state index contributed by atoms with van der Waals surface area (Å²) in [6, 6.07) is 0.259. The molecule has 0 spiro atoms. The molecule has 3 heteroatoms. The molecule has 0 fully saturated rings. The van der Waals surface area contributed by atoms with Crippen LogP contribution >= 0.6 is 0 Å². The molecule has 0 aliphatic carbocycles. The number of nitrogens with two attached hydrogens (primary N) is 1. The fourth-order valence-electron chi connectivity index (χ4n) is 2.12. The molecule has 0 saturated carbocycles. The number of hydrogen-bond acceptors (Lipinski definition) is 3. The number of nitrogens with one attached hydrogen (secondary N) is 1. The molecule has 0 aromatic carbocycles. The van der Waals surface area contributed by atoms with Gasteiger partial charge in [0.05, 0.1) is 5.60 Å². The number of hydrogen-bond donors (Lipinski definition) is 2. The van der Waals surface area contributed by atoms with E-state index in [1.807, 2.05) is 6.92 Å². The Morgan fingerprint density at radius 3 is 2.31 bits per heavy atom. The molecule has 0 rings (SSSR count). The van der Waals surface area contributed by atoms with E-state index in [9.17, 15) is 0 Å². The maximum absolute atomic E-state index is 5.85. The first-order chi connectivity index (χ1) is 7.64. The number of ether oxygens (including phenoxy) is 1. The van der Waals surface area contributed by atoms with E-state index in [4.69, 9.17) is 10.6 Å². The average Bonchev–Trinajstić information content (AvgIpc) is 2.29. The van der Waals surface area contributed by atoms with Gasteiger partial charge >= 0.3 is 0 Å². The van der Waals surface area contributed by atoms with E-state index in [0.29, 0.717) is 0 Å². The summed E-state index contributed by atoms with van der Waals surface area (Å²) in [7, 11) is 0. The van der Waals surface area contributed by atoms with Crippen molar-refractivity contribution in [3.63, 3.8) is 0 Å². The Labute approximate surface area is 101 Å². The van der Waals surface area contributed by atoms with Gasteiger partial charge in [0.15, 0.2) is 0 Å².